The Balaban J connectivity index is 1.94. The van der Waals surface area contributed by atoms with Gasteiger partial charge in [0.1, 0.15) is 0 Å². The van der Waals surface area contributed by atoms with E-state index in [2.05, 4.69) is 33.1 Å². The maximum atomic E-state index is 12.1. The first kappa shape index (κ1) is 15.5. The third kappa shape index (κ3) is 3.59. The maximum Gasteiger partial charge on any atom is 0.238 e. The highest BCUT2D eigenvalue weighted by Gasteiger charge is 2.31. The van der Waals surface area contributed by atoms with Crippen LogP contribution in [0.5, 0.6) is 0 Å². The molecule has 2 unspecified atom stereocenters. The molecule has 110 valence electrons. The van der Waals surface area contributed by atoms with Crippen LogP contribution in [0.2, 0.25) is 0 Å². The van der Waals surface area contributed by atoms with Gasteiger partial charge in [0.15, 0.2) is 0 Å². The van der Waals surface area contributed by atoms with Crippen molar-refractivity contribution in [2.45, 2.75) is 26.3 Å². The Labute approximate surface area is 128 Å². The molecule has 0 saturated carbocycles. The summed E-state index contributed by atoms with van der Waals surface area (Å²) in [5.74, 6) is 0.419. The molecule has 1 heterocycles. The van der Waals surface area contributed by atoms with Gasteiger partial charge in [-0.1, -0.05) is 22.9 Å². The number of nitrogens with one attached hydrogen (secondary N) is 1. The summed E-state index contributed by atoms with van der Waals surface area (Å²) in [7, 11) is 0. The van der Waals surface area contributed by atoms with Crippen LogP contribution in [-0.2, 0) is 4.79 Å². The second-order valence-electron chi connectivity index (χ2n) is 5.50. The van der Waals surface area contributed by atoms with Gasteiger partial charge < -0.3 is 10.4 Å². The SMILES string of the molecule is Cc1cc(NC(=O)CN2CCC(C)C2CO)ccc1Br. The Kier molecular flexibility index (Phi) is 5.18. The molecule has 2 atom stereocenters. The normalized spacial score (nSPS) is 23.0. The Morgan fingerprint density at radius 3 is 2.95 bits per heavy atom. The van der Waals surface area contributed by atoms with Crippen molar-refractivity contribution in [3.05, 3.63) is 28.2 Å². The molecule has 2 rings (SSSR count). The molecule has 1 aliphatic heterocycles. The summed E-state index contributed by atoms with van der Waals surface area (Å²) in [5.41, 5.74) is 1.90. The zero-order chi connectivity index (χ0) is 14.7. The lowest BCUT2D eigenvalue weighted by Gasteiger charge is -2.24. The maximum absolute atomic E-state index is 12.1. The first-order valence-corrected chi connectivity index (χ1v) is 7.71. The lowest BCUT2D eigenvalue weighted by atomic mass is 10.0. The number of amides is 1. The molecule has 0 spiro atoms. The topological polar surface area (TPSA) is 52.6 Å². The van der Waals surface area contributed by atoms with E-state index in [0.29, 0.717) is 12.5 Å². The fourth-order valence-electron chi connectivity index (χ4n) is 2.69. The molecular formula is C15H21BrN2O2. The van der Waals surface area contributed by atoms with Crippen LogP contribution >= 0.6 is 15.9 Å². The van der Waals surface area contributed by atoms with E-state index in [4.69, 9.17) is 0 Å². The highest BCUT2D eigenvalue weighted by atomic mass is 79.9. The molecule has 0 aliphatic carbocycles. The number of carbonyl (C=O) groups excluding carboxylic acids is 1. The fraction of sp³-hybridized carbons (Fsp3) is 0.533. The molecule has 0 bridgehead atoms. The van der Waals surface area contributed by atoms with Crippen LogP contribution in [0.15, 0.2) is 22.7 Å². The molecule has 20 heavy (non-hydrogen) atoms. The minimum atomic E-state index is -0.0285. The summed E-state index contributed by atoms with van der Waals surface area (Å²) in [5, 5.41) is 12.3. The Bertz CT molecular complexity index is 493. The van der Waals surface area contributed by atoms with Crippen molar-refractivity contribution in [3.63, 3.8) is 0 Å². The molecule has 1 saturated heterocycles. The van der Waals surface area contributed by atoms with E-state index in [-0.39, 0.29) is 18.6 Å². The van der Waals surface area contributed by atoms with Crippen molar-refractivity contribution in [1.29, 1.82) is 0 Å². The van der Waals surface area contributed by atoms with E-state index in [1.165, 1.54) is 0 Å². The largest absolute Gasteiger partial charge is 0.395 e. The van der Waals surface area contributed by atoms with Gasteiger partial charge in [-0.3, -0.25) is 9.69 Å². The standard InChI is InChI=1S/C15H21BrN2O2/c1-10-5-6-18(14(10)9-19)8-15(20)17-12-3-4-13(16)11(2)7-12/h3-4,7,10,14,19H,5-6,8-9H2,1-2H3,(H,17,20). The minimum Gasteiger partial charge on any atom is -0.395 e. The molecule has 0 aromatic heterocycles. The van der Waals surface area contributed by atoms with Gasteiger partial charge in [0.2, 0.25) is 5.91 Å². The van der Waals surface area contributed by atoms with Gasteiger partial charge in [-0.2, -0.15) is 0 Å². The molecule has 5 heteroatoms. The van der Waals surface area contributed by atoms with Crippen molar-refractivity contribution in [2.24, 2.45) is 5.92 Å². The van der Waals surface area contributed by atoms with Crippen molar-refractivity contribution in [1.82, 2.24) is 4.90 Å². The summed E-state index contributed by atoms with van der Waals surface area (Å²) >= 11 is 3.44. The van der Waals surface area contributed by atoms with Gasteiger partial charge in [0, 0.05) is 16.2 Å². The number of hydrogen-bond donors (Lipinski definition) is 2. The summed E-state index contributed by atoms with van der Waals surface area (Å²) in [4.78, 5) is 14.1. The fourth-order valence-corrected chi connectivity index (χ4v) is 2.93. The first-order chi connectivity index (χ1) is 9.51. The number of anilines is 1. The van der Waals surface area contributed by atoms with Crippen LogP contribution < -0.4 is 5.32 Å². The van der Waals surface area contributed by atoms with E-state index in [1.807, 2.05) is 25.1 Å². The molecular weight excluding hydrogens is 320 g/mol. The van der Waals surface area contributed by atoms with Gasteiger partial charge in [0.25, 0.3) is 0 Å². The van der Waals surface area contributed by atoms with Gasteiger partial charge >= 0.3 is 0 Å². The molecule has 0 radical (unpaired) electrons. The van der Waals surface area contributed by atoms with E-state index < -0.39 is 0 Å². The number of likely N-dealkylation sites (tertiary alicyclic amines) is 1. The second kappa shape index (κ2) is 6.70. The van der Waals surface area contributed by atoms with Gasteiger partial charge in [-0.15, -0.1) is 0 Å². The monoisotopic (exact) mass is 340 g/mol. The number of rotatable bonds is 4. The lowest BCUT2D eigenvalue weighted by molar-refractivity contribution is -0.117. The van der Waals surface area contributed by atoms with Crippen LogP contribution in [0, 0.1) is 12.8 Å². The molecule has 2 N–H and O–H groups in total. The number of benzene rings is 1. The third-order valence-electron chi connectivity index (χ3n) is 3.97. The highest BCUT2D eigenvalue weighted by molar-refractivity contribution is 9.10. The zero-order valence-corrected chi connectivity index (χ0v) is 13.5. The number of hydrogen-bond acceptors (Lipinski definition) is 3. The Morgan fingerprint density at radius 2 is 2.30 bits per heavy atom. The van der Waals surface area contributed by atoms with Crippen LogP contribution in [0.3, 0.4) is 0 Å². The van der Waals surface area contributed by atoms with Crippen LogP contribution in [0.4, 0.5) is 5.69 Å². The van der Waals surface area contributed by atoms with E-state index >= 15 is 0 Å². The molecule has 1 aliphatic rings. The zero-order valence-electron chi connectivity index (χ0n) is 11.9. The molecule has 1 aromatic rings. The lowest BCUT2D eigenvalue weighted by Crippen LogP contribution is -2.40. The van der Waals surface area contributed by atoms with E-state index in [9.17, 15) is 9.90 Å². The Morgan fingerprint density at radius 1 is 1.55 bits per heavy atom. The number of aliphatic hydroxyl groups excluding tert-OH is 1. The van der Waals surface area contributed by atoms with Gasteiger partial charge in [-0.25, -0.2) is 0 Å². The molecule has 1 aromatic carbocycles. The van der Waals surface area contributed by atoms with Crippen molar-refractivity contribution in [3.8, 4) is 0 Å². The molecule has 4 nitrogen and oxygen atoms in total. The molecule has 1 fully saturated rings. The number of aliphatic hydroxyl groups is 1. The first-order valence-electron chi connectivity index (χ1n) is 6.92. The number of carbonyl (C=O) groups is 1. The van der Waals surface area contributed by atoms with E-state index in [1.54, 1.807) is 0 Å². The summed E-state index contributed by atoms with van der Waals surface area (Å²) in [6.07, 6.45) is 1.04. The van der Waals surface area contributed by atoms with Gasteiger partial charge in [0.05, 0.1) is 13.2 Å². The van der Waals surface area contributed by atoms with E-state index in [0.717, 1.165) is 28.7 Å². The minimum absolute atomic E-state index is 0.0285. The van der Waals surface area contributed by atoms with Crippen LogP contribution in [0.25, 0.3) is 0 Å². The van der Waals surface area contributed by atoms with Crippen molar-refractivity contribution >= 4 is 27.5 Å². The quantitative estimate of drug-likeness (QED) is 0.884. The second-order valence-corrected chi connectivity index (χ2v) is 6.35. The predicted octanol–water partition coefficient (Wildman–Crippen LogP) is 2.40. The summed E-state index contributed by atoms with van der Waals surface area (Å²) in [6, 6.07) is 5.86. The Hall–Kier alpha value is -0.910. The average Bonchev–Trinajstić information content (AvgIpc) is 2.74. The molecule has 1 amide bonds. The van der Waals surface area contributed by atoms with Crippen LogP contribution in [-0.4, -0.2) is 41.7 Å². The average molecular weight is 341 g/mol. The van der Waals surface area contributed by atoms with Crippen molar-refractivity contribution < 1.29 is 9.90 Å². The summed E-state index contributed by atoms with van der Waals surface area (Å²) < 4.78 is 1.03. The predicted molar refractivity (Wildman–Crippen MR) is 83.7 cm³/mol. The summed E-state index contributed by atoms with van der Waals surface area (Å²) in [6.45, 7) is 5.44. The van der Waals surface area contributed by atoms with Crippen LogP contribution in [0.1, 0.15) is 18.9 Å². The van der Waals surface area contributed by atoms with Gasteiger partial charge in [-0.05, 0) is 49.6 Å². The third-order valence-corrected chi connectivity index (χ3v) is 4.86. The smallest absolute Gasteiger partial charge is 0.238 e. The number of halogens is 1. The number of nitrogens with zero attached hydrogens (tertiary/aromatic N) is 1. The van der Waals surface area contributed by atoms with Crippen molar-refractivity contribution in [2.75, 3.05) is 25.0 Å². The number of aryl methyl sites for hydroxylation is 1. The highest BCUT2D eigenvalue weighted by Crippen LogP contribution is 2.23.